The summed E-state index contributed by atoms with van der Waals surface area (Å²) in [4.78, 5) is 42.4. The molecular formula is C26H33N5O5. The number of rotatable bonds is 8. The maximum absolute atomic E-state index is 13.4. The second kappa shape index (κ2) is 11.5. The van der Waals surface area contributed by atoms with Gasteiger partial charge in [0.15, 0.2) is 0 Å². The monoisotopic (exact) mass is 495 g/mol. The van der Waals surface area contributed by atoms with Gasteiger partial charge in [0.05, 0.1) is 12.0 Å². The molecule has 2 unspecified atom stereocenters. The van der Waals surface area contributed by atoms with Gasteiger partial charge in [-0.25, -0.2) is 0 Å². The van der Waals surface area contributed by atoms with Gasteiger partial charge in [0.2, 0.25) is 11.8 Å². The highest BCUT2D eigenvalue weighted by atomic mass is 16.6. The fourth-order valence-electron chi connectivity index (χ4n) is 5.03. The highest BCUT2D eigenvalue weighted by Crippen LogP contribution is 2.28. The van der Waals surface area contributed by atoms with Gasteiger partial charge in [-0.15, -0.1) is 0 Å². The Labute approximate surface area is 211 Å². The normalized spacial score (nSPS) is 20.0. The van der Waals surface area contributed by atoms with Crippen LogP contribution in [0.1, 0.15) is 24.5 Å². The molecule has 0 saturated carbocycles. The average Bonchev–Trinajstić information content (AvgIpc) is 3.35. The van der Waals surface area contributed by atoms with Crippen LogP contribution in [0.4, 0.5) is 5.69 Å². The number of likely N-dealkylation sites (tertiary alicyclic amines) is 1. The molecule has 4 rings (SSSR count). The number of nitrogens with zero attached hydrogens (tertiary/aromatic N) is 4. The zero-order chi connectivity index (χ0) is 25.7. The van der Waals surface area contributed by atoms with Crippen LogP contribution in [0.5, 0.6) is 5.75 Å². The van der Waals surface area contributed by atoms with Crippen molar-refractivity contribution in [1.29, 1.82) is 0 Å². The predicted molar refractivity (Wildman–Crippen MR) is 134 cm³/mol. The Morgan fingerprint density at radius 2 is 1.81 bits per heavy atom. The molecule has 10 heteroatoms. The van der Waals surface area contributed by atoms with E-state index in [1.165, 1.54) is 19.1 Å². The third-order valence-electron chi connectivity index (χ3n) is 6.97. The molecule has 36 heavy (non-hydrogen) atoms. The van der Waals surface area contributed by atoms with Crippen LogP contribution in [0, 0.1) is 10.1 Å². The van der Waals surface area contributed by atoms with Gasteiger partial charge in [-0.3, -0.25) is 24.6 Å². The largest absolute Gasteiger partial charge is 0.497 e. The molecule has 0 bridgehead atoms. The molecule has 2 atom stereocenters. The van der Waals surface area contributed by atoms with Gasteiger partial charge in [-0.05, 0) is 29.7 Å². The molecule has 192 valence electrons. The van der Waals surface area contributed by atoms with E-state index in [1.54, 1.807) is 24.1 Å². The summed E-state index contributed by atoms with van der Waals surface area (Å²) in [5, 5.41) is 14.3. The topological polar surface area (TPSA) is 108 Å². The van der Waals surface area contributed by atoms with Crippen molar-refractivity contribution >= 4 is 17.5 Å². The van der Waals surface area contributed by atoms with E-state index < -0.39 is 11.0 Å². The van der Waals surface area contributed by atoms with E-state index in [0.717, 1.165) is 30.0 Å². The minimum absolute atomic E-state index is 0.00543. The number of hydrogen-bond donors (Lipinski definition) is 1. The highest BCUT2D eigenvalue weighted by molar-refractivity contribution is 5.87. The summed E-state index contributed by atoms with van der Waals surface area (Å²) in [6, 6.07) is 13.8. The summed E-state index contributed by atoms with van der Waals surface area (Å²) in [7, 11) is 1.63. The van der Waals surface area contributed by atoms with Gasteiger partial charge in [0.25, 0.3) is 5.69 Å². The number of nitro groups is 1. The van der Waals surface area contributed by atoms with Crippen molar-refractivity contribution in [2.24, 2.45) is 0 Å². The van der Waals surface area contributed by atoms with Crippen LogP contribution in [0.25, 0.3) is 0 Å². The standard InChI is InChI=1S/C26H33N5O5/c1-19(32)30-18-23(15-25(30)26(33)28-12-10-27-11-13-28)29(17-21-4-3-5-24(14-21)36-2)16-20-6-8-22(9-7-20)31(34)35/h3-9,14,23,25,27H,10-13,15-18H2,1-2H3. The Bertz CT molecular complexity index is 1090. The Morgan fingerprint density at radius 3 is 2.44 bits per heavy atom. The van der Waals surface area contributed by atoms with Gasteiger partial charge in [0, 0.05) is 70.9 Å². The zero-order valence-electron chi connectivity index (χ0n) is 20.8. The van der Waals surface area contributed by atoms with E-state index in [-0.39, 0.29) is 23.5 Å². The van der Waals surface area contributed by atoms with Crippen LogP contribution < -0.4 is 10.1 Å². The molecule has 2 aromatic carbocycles. The van der Waals surface area contributed by atoms with Crippen molar-refractivity contribution < 1.29 is 19.2 Å². The molecule has 2 amide bonds. The lowest BCUT2D eigenvalue weighted by Gasteiger charge is -2.32. The van der Waals surface area contributed by atoms with Crippen LogP contribution >= 0.6 is 0 Å². The van der Waals surface area contributed by atoms with Gasteiger partial charge < -0.3 is 19.9 Å². The van der Waals surface area contributed by atoms with Crippen LogP contribution in [0.3, 0.4) is 0 Å². The van der Waals surface area contributed by atoms with Crippen molar-refractivity contribution in [3.05, 3.63) is 69.8 Å². The van der Waals surface area contributed by atoms with Crippen molar-refractivity contribution in [3.63, 3.8) is 0 Å². The average molecular weight is 496 g/mol. The minimum atomic E-state index is -0.490. The summed E-state index contributed by atoms with van der Waals surface area (Å²) >= 11 is 0. The van der Waals surface area contributed by atoms with Crippen LogP contribution in [0.15, 0.2) is 48.5 Å². The van der Waals surface area contributed by atoms with E-state index in [4.69, 9.17) is 4.74 Å². The first-order chi connectivity index (χ1) is 17.4. The maximum Gasteiger partial charge on any atom is 0.269 e. The molecule has 2 aliphatic rings. The maximum atomic E-state index is 13.4. The van der Waals surface area contributed by atoms with Gasteiger partial charge in [0.1, 0.15) is 11.8 Å². The molecule has 0 radical (unpaired) electrons. The lowest BCUT2D eigenvalue weighted by Crippen LogP contribution is -2.53. The first-order valence-electron chi connectivity index (χ1n) is 12.2. The third-order valence-corrected chi connectivity index (χ3v) is 6.97. The number of non-ortho nitro benzene ring substituents is 1. The smallest absolute Gasteiger partial charge is 0.269 e. The minimum Gasteiger partial charge on any atom is -0.497 e. The summed E-state index contributed by atoms with van der Waals surface area (Å²) in [5.41, 5.74) is 2.01. The Morgan fingerprint density at radius 1 is 1.11 bits per heavy atom. The molecule has 0 aromatic heterocycles. The Kier molecular flexibility index (Phi) is 8.17. The predicted octanol–water partition coefficient (Wildman–Crippen LogP) is 2.03. The number of nitro benzene ring substituents is 1. The van der Waals surface area contributed by atoms with Gasteiger partial charge in [-0.1, -0.05) is 24.3 Å². The quantitative estimate of drug-likeness (QED) is 0.441. The summed E-state index contributed by atoms with van der Waals surface area (Å²) in [6.07, 6.45) is 0.541. The molecular weight excluding hydrogens is 462 g/mol. The number of methoxy groups -OCH3 is 1. The van der Waals surface area contributed by atoms with Crippen molar-refractivity contribution in [2.45, 2.75) is 38.5 Å². The lowest BCUT2D eigenvalue weighted by atomic mass is 10.1. The number of carbonyl (C=O) groups is 2. The van der Waals surface area contributed by atoms with Crippen LogP contribution in [0.2, 0.25) is 0 Å². The highest BCUT2D eigenvalue weighted by Gasteiger charge is 2.42. The number of piperazine rings is 1. The Hall–Kier alpha value is -3.50. The molecule has 1 N–H and O–H groups in total. The van der Waals surface area contributed by atoms with Crippen molar-refractivity contribution in [3.8, 4) is 5.75 Å². The number of carbonyl (C=O) groups excluding carboxylic acids is 2. The van der Waals surface area contributed by atoms with Crippen LogP contribution in [-0.2, 0) is 22.7 Å². The Balaban J connectivity index is 1.58. The second-order valence-electron chi connectivity index (χ2n) is 9.33. The fraction of sp³-hybridized carbons (Fsp3) is 0.462. The number of ether oxygens (including phenoxy) is 1. The zero-order valence-corrected chi connectivity index (χ0v) is 20.8. The molecule has 10 nitrogen and oxygen atoms in total. The number of hydrogen-bond acceptors (Lipinski definition) is 7. The van der Waals surface area contributed by atoms with Gasteiger partial charge >= 0.3 is 0 Å². The SMILES string of the molecule is COc1cccc(CN(Cc2ccc([N+](=O)[O-])cc2)C2CC(C(=O)N3CCNCC3)N(C(C)=O)C2)c1. The van der Waals surface area contributed by atoms with E-state index in [2.05, 4.69) is 10.2 Å². The van der Waals surface area contributed by atoms with Crippen LogP contribution in [-0.4, -0.2) is 83.4 Å². The van der Waals surface area contributed by atoms with Gasteiger partial charge in [-0.2, -0.15) is 0 Å². The van der Waals surface area contributed by atoms with E-state index >= 15 is 0 Å². The summed E-state index contributed by atoms with van der Waals surface area (Å²) in [5.74, 6) is 0.653. The summed E-state index contributed by atoms with van der Waals surface area (Å²) < 4.78 is 5.39. The molecule has 0 aliphatic carbocycles. The van der Waals surface area contributed by atoms with Crippen molar-refractivity contribution in [2.75, 3.05) is 39.8 Å². The fourth-order valence-corrected chi connectivity index (χ4v) is 5.03. The third kappa shape index (κ3) is 6.00. The second-order valence-corrected chi connectivity index (χ2v) is 9.33. The van der Waals surface area contributed by atoms with E-state index in [0.29, 0.717) is 39.1 Å². The molecule has 2 aliphatic heterocycles. The van der Waals surface area contributed by atoms with Crippen molar-refractivity contribution in [1.82, 2.24) is 20.0 Å². The van der Waals surface area contributed by atoms with E-state index in [1.807, 2.05) is 29.2 Å². The molecule has 2 aromatic rings. The molecule has 2 fully saturated rings. The van der Waals surface area contributed by atoms with E-state index in [9.17, 15) is 19.7 Å². The number of benzene rings is 2. The molecule has 2 saturated heterocycles. The number of amides is 2. The number of nitrogens with one attached hydrogen (secondary N) is 1. The molecule has 0 spiro atoms. The first-order valence-corrected chi connectivity index (χ1v) is 12.2. The first kappa shape index (κ1) is 25.6. The lowest BCUT2D eigenvalue weighted by molar-refractivity contribution is -0.384. The summed E-state index contributed by atoms with van der Waals surface area (Å²) in [6.45, 7) is 5.87. The molecule has 2 heterocycles.